The largest absolute Gasteiger partial charge is 0.457 e. The van der Waals surface area contributed by atoms with Crippen LogP contribution in [-0.2, 0) is 13.0 Å². The van der Waals surface area contributed by atoms with E-state index in [-0.39, 0.29) is 6.04 Å². The number of nitrogens with one attached hydrogen (secondary N) is 1. The number of aromatic nitrogens is 1. The molecule has 0 aliphatic carbocycles. The maximum absolute atomic E-state index is 5.87. The highest BCUT2D eigenvalue weighted by Gasteiger charge is 2.12. The van der Waals surface area contributed by atoms with Crippen molar-refractivity contribution in [3.05, 3.63) is 78.0 Å². The molecule has 1 atom stereocenters. The van der Waals surface area contributed by atoms with E-state index in [1.807, 2.05) is 49.4 Å². The number of oxazole rings is 1. The summed E-state index contributed by atoms with van der Waals surface area (Å²) in [6.45, 7) is 4.95. The minimum Gasteiger partial charge on any atom is -0.457 e. The molecule has 0 bridgehead atoms. The average molecular weight is 350 g/mol. The molecular formula is C22H26N2O2. The van der Waals surface area contributed by atoms with Crippen molar-refractivity contribution in [1.29, 1.82) is 0 Å². The van der Waals surface area contributed by atoms with E-state index in [9.17, 15) is 0 Å². The molecule has 0 saturated heterocycles. The molecule has 136 valence electrons. The van der Waals surface area contributed by atoms with Gasteiger partial charge in [-0.2, -0.15) is 0 Å². The lowest BCUT2D eigenvalue weighted by molar-refractivity contribution is 0.475. The van der Waals surface area contributed by atoms with Crippen molar-refractivity contribution in [3.63, 3.8) is 0 Å². The van der Waals surface area contributed by atoms with Gasteiger partial charge in [0.25, 0.3) is 0 Å². The van der Waals surface area contributed by atoms with E-state index in [2.05, 4.69) is 29.4 Å². The standard InChI is InChI=1S/C22H26N2O2/c1-3-8-21(23-15-18-16-25-22(4-2)24-18)17-11-13-20(14-12-17)26-19-9-6-5-7-10-19/h5-7,9-14,16,21,23H,3-4,8,15H2,1-2H3. The summed E-state index contributed by atoms with van der Waals surface area (Å²) in [6, 6.07) is 18.4. The Morgan fingerprint density at radius 2 is 1.73 bits per heavy atom. The van der Waals surface area contributed by atoms with Crippen LogP contribution < -0.4 is 10.1 Å². The Balaban J connectivity index is 1.63. The molecule has 0 aliphatic heterocycles. The smallest absolute Gasteiger partial charge is 0.193 e. The quantitative estimate of drug-likeness (QED) is 0.541. The number of ether oxygens (including phenoxy) is 1. The van der Waals surface area contributed by atoms with Gasteiger partial charge in [0, 0.05) is 19.0 Å². The van der Waals surface area contributed by atoms with Crippen molar-refractivity contribution in [2.75, 3.05) is 0 Å². The summed E-state index contributed by atoms with van der Waals surface area (Å²) in [7, 11) is 0. The third kappa shape index (κ3) is 4.96. The first kappa shape index (κ1) is 18.2. The molecule has 1 N–H and O–H groups in total. The van der Waals surface area contributed by atoms with Crippen LogP contribution in [-0.4, -0.2) is 4.98 Å². The lowest BCUT2D eigenvalue weighted by atomic mass is 10.0. The van der Waals surface area contributed by atoms with E-state index in [1.54, 1.807) is 6.26 Å². The van der Waals surface area contributed by atoms with Crippen molar-refractivity contribution < 1.29 is 9.15 Å². The lowest BCUT2D eigenvalue weighted by Gasteiger charge is -2.18. The number of benzene rings is 2. The molecule has 0 spiro atoms. The predicted octanol–water partition coefficient (Wildman–Crippen LogP) is 5.66. The molecule has 0 radical (unpaired) electrons. The second kappa shape index (κ2) is 9.20. The van der Waals surface area contributed by atoms with Gasteiger partial charge >= 0.3 is 0 Å². The normalized spacial score (nSPS) is 12.1. The van der Waals surface area contributed by atoms with Crippen molar-refractivity contribution in [3.8, 4) is 11.5 Å². The van der Waals surface area contributed by atoms with Gasteiger partial charge in [-0.05, 0) is 36.2 Å². The minimum absolute atomic E-state index is 0.285. The van der Waals surface area contributed by atoms with E-state index >= 15 is 0 Å². The van der Waals surface area contributed by atoms with Crippen LogP contribution in [0.5, 0.6) is 11.5 Å². The Labute approximate surface area is 155 Å². The van der Waals surface area contributed by atoms with Crippen LogP contribution in [0, 0.1) is 0 Å². The molecule has 4 nitrogen and oxygen atoms in total. The fraction of sp³-hybridized carbons (Fsp3) is 0.318. The molecule has 4 heteroatoms. The summed E-state index contributed by atoms with van der Waals surface area (Å²) in [5.74, 6) is 2.48. The Kier molecular flexibility index (Phi) is 6.45. The van der Waals surface area contributed by atoms with Crippen molar-refractivity contribution in [1.82, 2.24) is 10.3 Å². The minimum atomic E-state index is 0.285. The highest BCUT2D eigenvalue weighted by Crippen LogP contribution is 2.25. The van der Waals surface area contributed by atoms with Crippen LogP contribution in [0.25, 0.3) is 0 Å². The zero-order chi connectivity index (χ0) is 18.2. The van der Waals surface area contributed by atoms with Crippen LogP contribution in [0.1, 0.15) is 49.9 Å². The fourth-order valence-corrected chi connectivity index (χ4v) is 2.89. The second-order valence-corrected chi connectivity index (χ2v) is 6.29. The van der Waals surface area contributed by atoms with Crippen molar-refractivity contribution in [2.45, 2.75) is 45.7 Å². The van der Waals surface area contributed by atoms with Gasteiger partial charge in [0.15, 0.2) is 5.89 Å². The molecule has 0 amide bonds. The molecule has 1 unspecified atom stereocenters. The zero-order valence-corrected chi connectivity index (χ0v) is 15.4. The first-order valence-corrected chi connectivity index (χ1v) is 9.28. The van der Waals surface area contributed by atoms with Crippen LogP contribution in [0.3, 0.4) is 0 Å². The monoisotopic (exact) mass is 350 g/mol. The van der Waals surface area contributed by atoms with Crippen LogP contribution >= 0.6 is 0 Å². The number of nitrogens with zero attached hydrogens (tertiary/aromatic N) is 1. The first-order valence-electron chi connectivity index (χ1n) is 9.28. The average Bonchev–Trinajstić information content (AvgIpc) is 3.15. The van der Waals surface area contributed by atoms with Gasteiger partial charge in [-0.3, -0.25) is 0 Å². The van der Waals surface area contributed by atoms with Gasteiger partial charge in [-0.25, -0.2) is 4.98 Å². The maximum Gasteiger partial charge on any atom is 0.193 e. The SMILES string of the molecule is CCCC(NCc1coc(CC)n1)c1ccc(Oc2ccccc2)cc1. The molecule has 0 saturated carbocycles. The molecule has 0 aliphatic rings. The third-order valence-electron chi connectivity index (χ3n) is 4.27. The Bertz CT molecular complexity index is 781. The third-order valence-corrected chi connectivity index (χ3v) is 4.27. The molecule has 1 aromatic heterocycles. The Morgan fingerprint density at radius 1 is 1.00 bits per heavy atom. The van der Waals surface area contributed by atoms with Crippen LogP contribution in [0.15, 0.2) is 65.3 Å². The Hall–Kier alpha value is -2.59. The zero-order valence-electron chi connectivity index (χ0n) is 15.4. The molecular weight excluding hydrogens is 324 g/mol. The summed E-state index contributed by atoms with van der Waals surface area (Å²) < 4.78 is 11.3. The van der Waals surface area contributed by atoms with E-state index in [0.29, 0.717) is 6.54 Å². The van der Waals surface area contributed by atoms with Gasteiger partial charge < -0.3 is 14.5 Å². The van der Waals surface area contributed by atoms with Gasteiger partial charge in [0.1, 0.15) is 17.8 Å². The molecule has 1 heterocycles. The van der Waals surface area contributed by atoms with E-state index < -0.39 is 0 Å². The van der Waals surface area contributed by atoms with Crippen molar-refractivity contribution >= 4 is 0 Å². The summed E-state index contributed by atoms with van der Waals surface area (Å²) in [4.78, 5) is 4.47. The Morgan fingerprint density at radius 3 is 2.38 bits per heavy atom. The summed E-state index contributed by atoms with van der Waals surface area (Å²) in [5.41, 5.74) is 2.21. The second-order valence-electron chi connectivity index (χ2n) is 6.29. The van der Waals surface area contributed by atoms with Gasteiger partial charge in [-0.15, -0.1) is 0 Å². The fourth-order valence-electron chi connectivity index (χ4n) is 2.89. The van der Waals surface area contributed by atoms with E-state index in [0.717, 1.165) is 42.3 Å². The molecule has 3 rings (SSSR count). The maximum atomic E-state index is 5.87. The lowest BCUT2D eigenvalue weighted by Crippen LogP contribution is -2.21. The number of hydrogen-bond acceptors (Lipinski definition) is 4. The van der Waals surface area contributed by atoms with E-state index in [4.69, 9.17) is 9.15 Å². The number of hydrogen-bond donors (Lipinski definition) is 1. The molecule has 0 fully saturated rings. The molecule has 26 heavy (non-hydrogen) atoms. The van der Waals surface area contributed by atoms with E-state index in [1.165, 1.54) is 5.56 Å². The highest BCUT2D eigenvalue weighted by molar-refractivity contribution is 5.34. The summed E-state index contributed by atoms with van der Waals surface area (Å²) in [5, 5.41) is 3.60. The summed E-state index contributed by atoms with van der Waals surface area (Å²) >= 11 is 0. The topological polar surface area (TPSA) is 47.3 Å². The van der Waals surface area contributed by atoms with Crippen LogP contribution in [0.4, 0.5) is 0 Å². The van der Waals surface area contributed by atoms with Gasteiger partial charge in [0.05, 0.1) is 5.69 Å². The highest BCUT2D eigenvalue weighted by atomic mass is 16.5. The van der Waals surface area contributed by atoms with Crippen molar-refractivity contribution in [2.24, 2.45) is 0 Å². The number of aryl methyl sites for hydroxylation is 1. The first-order chi connectivity index (χ1) is 12.8. The number of para-hydroxylation sites is 1. The molecule has 2 aromatic carbocycles. The summed E-state index contributed by atoms with van der Waals surface area (Å²) in [6.07, 6.45) is 4.74. The number of rotatable bonds is 9. The van der Waals surface area contributed by atoms with Gasteiger partial charge in [-0.1, -0.05) is 50.6 Å². The molecule has 3 aromatic rings. The predicted molar refractivity (Wildman–Crippen MR) is 103 cm³/mol. The van der Waals surface area contributed by atoms with Gasteiger partial charge in [0.2, 0.25) is 0 Å². The van der Waals surface area contributed by atoms with Crippen LogP contribution in [0.2, 0.25) is 0 Å².